The van der Waals surface area contributed by atoms with Crippen LogP contribution in [0.4, 0.5) is 5.82 Å². The number of nitrogens with zero attached hydrogens (tertiary/aromatic N) is 4. The van der Waals surface area contributed by atoms with E-state index in [0.717, 1.165) is 49.1 Å². The second kappa shape index (κ2) is 8.13. The van der Waals surface area contributed by atoms with E-state index in [1.165, 1.54) is 11.1 Å². The van der Waals surface area contributed by atoms with Gasteiger partial charge in [0.25, 0.3) is 0 Å². The number of anilines is 1. The minimum Gasteiger partial charge on any atom is -0.353 e. The highest BCUT2D eigenvalue weighted by molar-refractivity contribution is 5.81. The van der Waals surface area contributed by atoms with E-state index in [9.17, 15) is 4.79 Å². The molecule has 0 unspecified atom stereocenters. The van der Waals surface area contributed by atoms with Crippen molar-refractivity contribution in [3.63, 3.8) is 0 Å². The number of hydrogen-bond donors (Lipinski definition) is 0. The lowest BCUT2D eigenvalue weighted by Gasteiger charge is -2.39. The van der Waals surface area contributed by atoms with Gasteiger partial charge in [0.05, 0.1) is 0 Å². The number of amides is 1. The van der Waals surface area contributed by atoms with Gasteiger partial charge in [-0.25, -0.2) is 9.97 Å². The molecule has 1 saturated heterocycles. The van der Waals surface area contributed by atoms with Crippen molar-refractivity contribution in [3.8, 4) is 11.4 Å². The summed E-state index contributed by atoms with van der Waals surface area (Å²) in [6.07, 6.45) is 0. The van der Waals surface area contributed by atoms with Gasteiger partial charge in [0, 0.05) is 48.4 Å². The minimum atomic E-state index is -0.338. The van der Waals surface area contributed by atoms with Crippen molar-refractivity contribution in [1.82, 2.24) is 14.9 Å². The Hall–Kier alpha value is -2.43. The summed E-state index contributed by atoms with van der Waals surface area (Å²) in [5.74, 6) is 2.35. The fraction of sp³-hybridized carbons (Fsp3) is 0.542. The van der Waals surface area contributed by atoms with E-state index in [0.29, 0.717) is 5.92 Å². The van der Waals surface area contributed by atoms with Crippen molar-refractivity contribution in [1.29, 1.82) is 0 Å². The Kier molecular flexibility index (Phi) is 5.97. The van der Waals surface area contributed by atoms with Crippen LogP contribution in [0.25, 0.3) is 11.4 Å². The van der Waals surface area contributed by atoms with Gasteiger partial charge in [-0.1, -0.05) is 64.4 Å². The molecule has 0 atom stereocenters. The van der Waals surface area contributed by atoms with Gasteiger partial charge in [0.2, 0.25) is 5.91 Å². The molecule has 0 spiro atoms. The van der Waals surface area contributed by atoms with Gasteiger partial charge in [-0.2, -0.15) is 0 Å². The number of rotatable bonds is 3. The van der Waals surface area contributed by atoms with Gasteiger partial charge < -0.3 is 9.80 Å². The molecule has 0 bridgehead atoms. The maximum atomic E-state index is 12.6. The maximum Gasteiger partial charge on any atom is 0.228 e. The van der Waals surface area contributed by atoms with Crippen LogP contribution in [-0.4, -0.2) is 47.0 Å². The molecule has 1 aliphatic rings. The first-order valence-corrected chi connectivity index (χ1v) is 10.6. The summed E-state index contributed by atoms with van der Waals surface area (Å²) < 4.78 is 0. The smallest absolute Gasteiger partial charge is 0.228 e. The first kappa shape index (κ1) is 21.3. The fourth-order valence-electron chi connectivity index (χ4n) is 3.91. The van der Waals surface area contributed by atoms with E-state index in [-0.39, 0.29) is 11.3 Å². The fourth-order valence-corrected chi connectivity index (χ4v) is 3.91. The van der Waals surface area contributed by atoms with E-state index < -0.39 is 0 Å². The molecule has 29 heavy (non-hydrogen) atoms. The molecule has 2 heterocycles. The third-order valence-electron chi connectivity index (χ3n) is 5.51. The molecule has 0 radical (unpaired) electrons. The Morgan fingerprint density at radius 2 is 1.55 bits per heavy atom. The van der Waals surface area contributed by atoms with Gasteiger partial charge >= 0.3 is 0 Å². The lowest BCUT2D eigenvalue weighted by atomic mass is 9.94. The Bertz CT molecular complexity index is 873. The molecule has 1 amide bonds. The number of benzene rings is 1. The van der Waals surface area contributed by atoms with Crippen LogP contribution >= 0.6 is 0 Å². The number of carbonyl (C=O) groups excluding carboxylic acids is 1. The van der Waals surface area contributed by atoms with Crippen LogP contribution < -0.4 is 4.90 Å². The highest BCUT2D eigenvalue weighted by Crippen LogP contribution is 2.31. The molecule has 1 aliphatic heterocycles. The van der Waals surface area contributed by atoms with Crippen LogP contribution in [0.5, 0.6) is 0 Å². The van der Waals surface area contributed by atoms with Crippen molar-refractivity contribution in [3.05, 3.63) is 41.1 Å². The second-order valence-corrected chi connectivity index (χ2v) is 9.42. The topological polar surface area (TPSA) is 49.3 Å². The molecule has 3 rings (SSSR count). The normalized spacial score (nSPS) is 15.2. The number of piperazine rings is 1. The summed E-state index contributed by atoms with van der Waals surface area (Å²) in [5.41, 5.74) is 4.17. The van der Waals surface area contributed by atoms with Gasteiger partial charge in [0.1, 0.15) is 5.82 Å². The molecule has 1 fully saturated rings. The monoisotopic (exact) mass is 394 g/mol. The third-order valence-corrected chi connectivity index (χ3v) is 5.51. The molecular weight excluding hydrogens is 360 g/mol. The first-order valence-electron chi connectivity index (χ1n) is 10.6. The van der Waals surface area contributed by atoms with Crippen LogP contribution in [0.1, 0.15) is 57.4 Å². The van der Waals surface area contributed by atoms with Crippen LogP contribution in [-0.2, 0) is 4.79 Å². The molecule has 0 saturated carbocycles. The van der Waals surface area contributed by atoms with E-state index in [4.69, 9.17) is 9.97 Å². The molecule has 0 aliphatic carbocycles. The van der Waals surface area contributed by atoms with E-state index in [2.05, 4.69) is 56.9 Å². The Labute approximate surface area is 175 Å². The lowest BCUT2D eigenvalue weighted by molar-refractivity contribution is -0.139. The summed E-state index contributed by atoms with van der Waals surface area (Å²) in [6.45, 7) is 17.6. The molecule has 156 valence electrons. The predicted molar refractivity (Wildman–Crippen MR) is 119 cm³/mol. The second-order valence-electron chi connectivity index (χ2n) is 9.42. The zero-order valence-electron chi connectivity index (χ0n) is 18.9. The van der Waals surface area contributed by atoms with Crippen molar-refractivity contribution in [2.75, 3.05) is 31.1 Å². The third kappa shape index (κ3) is 4.60. The summed E-state index contributed by atoms with van der Waals surface area (Å²) in [5, 5.41) is 0. The average molecular weight is 395 g/mol. The molecule has 0 N–H and O–H groups in total. The van der Waals surface area contributed by atoms with Crippen LogP contribution in [0.2, 0.25) is 0 Å². The largest absolute Gasteiger partial charge is 0.353 e. The molecule has 5 heteroatoms. The molecule has 1 aromatic carbocycles. The van der Waals surface area contributed by atoms with Crippen molar-refractivity contribution >= 4 is 11.7 Å². The van der Waals surface area contributed by atoms with E-state index in [1.54, 1.807) is 0 Å². The van der Waals surface area contributed by atoms with E-state index >= 15 is 0 Å². The standard InChI is InChI=1S/C24H34N4O/c1-16(2)20-18(4)25-21(19-10-8-17(3)9-11-19)26-22(20)27-12-14-28(15-13-27)23(29)24(5,6)7/h8-11,16H,12-15H2,1-7H3. The Morgan fingerprint density at radius 1 is 0.966 bits per heavy atom. The summed E-state index contributed by atoms with van der Waals surface area (Å²) in [4.78, 5) is 26.8. The first-order chi connectivity index (χ1) is 13.6. The molecular formula is C24H34N4O. The van der Waals surface area contributed by atoms with Gasteiger partial charge in [-0.15, -0.1) is 0 Å². The van der Waals surface area contributed by atoms with Crippen molar-refractivity contribution in [2.45, 2.75) is 54.4 Å². The molecule has 1 aromatic heterocycles. The summed E-state index contributed by atoms with van der Waals surface area (Å²) >= 11 is 0. The van der Waals surface area contributed by atoms with Crippen LogP contribution in [0.3, 0.4) is 0 Å². The number of carbonyl (C=O) groups is 1. The quantitative estimate of drug-likeness (QED) is 0.765. The Morgan fingerprint density at radius 3 is 2.07 bits per heavy atom. The molecule has 5 nitrogen and oxygen atoms in total. The highest BCUT2D eigenvalue weighted by atomic mass is 16.2. The number of aryl methyl sites for hydroxylation is 2. The maximum absolute atomic E-state index is 12.6. The highest BCUT2D eigenvalue weighted by Gasteiger charge is 2.31. The summed E-state index contributed by atoms with van der Waals surface area (Å²) in [7, 11) is 0. The van der Waals surface area contributed by atoms with E-state index in [1.807, 2.05) is 25.7 Å². The zero-order valence-corrected chi connectivity index (χ0v) is 18.9. The number of hydrogen-bond acceptors (Lipinski definition) is 4. The SMILES string of the molecule is Cc1ccc(-c2nc(C)c(C(C)C)c(N3CCN(C(=O)C(C)(C)C)CC3)n2)cc1. The molecule has 2 aromatic rings. The van der Waals surface area contributed by atoms with Crippen molar-refractivity contribution < 1.29 is 4.79 Å². The zero-order chi connectivity index (χ0) is 21.3. The Balaban J connectivity index is 1.92. The number of aromatic nitrogens is 2. The van der Waals surface area contributed by atoms with Gasteiger partial charge in [0.15, 0.2) is 5.82 Å². The minimum absolute atomic E-state index is 0.223. The lowest BCUT2D eigenvalue weighted by Crippen LogP contribution is -2.52. The van der Waals surface area contributed by atoms with Crippen LogP contribution in [0, 0.1) is 19.3 Å². The van der Waals surface area contributed by atoms with Gasteiger partial charge in [-0.3, -0.25) is 4.79 Å². The average Bonchev–Trinajstić information content (AvgIpc) is 2.66. The van der Waals surface area contributed by atoms with Gasteiger partial charge in [-0.05, 0) is 19.8 Å². The predicted octanol–water partition coefficient (Wildman–Crippen LogP) is 4.58. The van der Waals surface area contributed by atoms with Crippen molar-refractivity contribution in [2.24, 2.45) is 5.41 Å². The van der Waals surface area contributed by atoms with Crippen LogP contribution in [0.15, 0.2) is 24.3 Å². The summed E-state index contributed by atoms with van der Waals surface area (Å²) in [6, 6.07) is 8.37.